The Morgan fingerprint density at radius 3 is 2.42 bits per heavy atom. The van der Waals surface area contributed by atoms with Crippen molar-refractivity contribution in [1.29, 1.82) is 0 Å². The van der Waals surface area contributed by atoms with Gasteiger partial charge in [-0.2, -0.15) is 0 Å². The standard InChI is InChI=1S/C15H15ClN2O/c1-10-6-8-11(9-7-10)18-13-5-3-2-4-12(13)14(16)15(17)19/h2-9,14,18H,1H3,(H2,17,19). The maximum absolute atomic E-state index is 11.2. The summed E-state index contributed by atoms with van der Waals surface area (Å²) in [7, 11) is 0. The highest BCUT2D eigenvalue weighted by molar-refractivity contribution is 6.31. The number of carbonyl (C=O) groups excluding carboxylic acids is 1. The molecule has 0 fully saturated rings. The fourth-order valence-corrected chi connectivity index (χ4v) is 1.97. The number of rotatable bonds is 4. The first kappa shape index (κ1) is 13.4. The number of aryl methyl sites for hydroxylation is 1. The normalized spacial score (nSPS) is 11.9. The zero-order valence-electron chi connectivity index (χ0n) is 10.6. The Morgan fingerprint density at radius 2 is 1.79 bits per heavy atom. The van der Waals surface area contributed by atoms with Crippen molar-refractivity contribution in [2.24, 2.45) is 5.73 Å². The van der Waals surface area contributed by atoms with E-state index in [2.05, 4.69) is 5.32 Å². The summed E-state index contributed by atoms with van der Waals surface area (Å²) in [5.74, 6) is -0.556. The molecule has 19 heavy (non-hydrogen) atoms. The van der Waals surface area contributed by atoms with Gasteiger partial charge in [0, 0.05) is 16.9 Å². The fourth-order valence-electron chi connectivity index (χ4n) is 1.78. The van der Waals surface area contributed by atoms with E-state index in [4.69, 9.17) is 17.3 Å². The number of primary amides is 1. The second kappa shape index (κ2) is 5.76. The van der Waals surface area contributed by atoms with E-state index in [0.29, 0.717) is 5.56 Å². The van der Waals surface area contributed by atoms with Crippen molar-refractivity contribution < 1.29 is 4.79 Å². The van der Waals surface area contributed by atoms with Crippen LogP contribution in [0.25, 0.3) is 0 Å². The maximum atomic E-state index is 11.2. The number of halogens is 1. The molecule has 0 heterocycles. The Balaban J connectivity index is 2.30. The molecule has 1 unspecified atom stereocenters. The molecule has 0 aliphatic heterocycles. The van der Waals surface area contributed by atoms with Crippen molar-refractivity contribution in [2.45, 2.75) is 12.3 Å². The predicted molar refractivity (Wildman–Crippen MR) is 78.7 cm³/mol. The summed E-state index contributed by atoms with van der Waals surface area (Å²) in [6.07, 6.45) is 0. The van der Waals surface area contributed by atoms with Crippen LogP contribution in [-0.2, 0) is 4.79 Å². The topological polar surface area (TPSA) is 55.1 Å². The van der Waals surface area contributed by atoms with Crippen LogP contribution < -0.4 is 11.1 Å². The highest BCUT2D eigenvalue weighted by Crippen LogP contribution is 2.29. The van der Waals surface area contributed by atoms with Crippen LogP contribution in [0.3, 0.4) is 0 Å². The molecule has 3 nitrogen and oxygen atoms in total. The van der Waals surface area contributed by atoms with Crippen LogP contribution in [0.15, 0.2) is 48.5 Å². The number of para-hydroxylation sites is 1. The summed E-state index contributed by atoms with van der Waals surface area (Å²) in [5, 5.41) is 2.40. The molecule has 3 N–H and O–H groups in total. The molecule has 0 aromatic heterocycles. The minimum absolute atomic E-state index is 0.556. The molecule has 0 aliphatic carbocycles. The SMILES string of the molecule is Cc1ccc(Nc2ccccc2C(Cl)C(N)=O)cc1. The lowest BCUT2D eigenvalue weighted by atomic mass is 10.1. The van der Waals surface area contributed by atoms with E-state index < -0.39 is 11.3 Å². The lowest BCUT2D eigenvalue weighted by Gasteiger charge is -2.14. The van der Waals surface area contributed by atoms with Gasteiger partial charge in [0.1, 0.15) is 5.38 Å². The molecule has 1 amide bonds. The number of nitrogens with two attached hydrogens (primary N) is 1. The summed E-state index contributed by atoms with van der Waals surface area (Å²) < 4.78 is 0. The van der Waals surface area contributed by atoms with Gasteiger partial charge in [0.15, 0.2) is 0 Å². The summed E-state index contributed by atoms with van der Waals surface area (Å²) in [6.45, 7) is 2.03. The van der Waals surface area contributed by atoms with E-state index >= 15 is 0 Å². The average molecular weight is 275 g/mol. The van der Waals surface area contributed by atoms with E-state index in [0.717, 1.165) is 11.4 Å². The molecule has 0 spiro atoms. The molecule has 0 aliphatic rings. The number of nitrogens with one attached hydrogen (secondary N) is 1. The zero-order valence-corrected chi connectivity index (χ0v) is 11.3. The Bertz CT molecular complexity index is 581. The van der Waals surface area contributed by atoms with Crippen LogP contribution in [0.1, 0.15) is 16.5 Å². The van der Waals surface area contributed by atoms with Gasteiger partial charge in [-0.05, 0) is 25.1 Å². The Morgan fingerprint density at radius 1 is 1.16 bits per heavy atom. The van der Waals surface area contributed by atoms with Crippen molar-refractivity contribution >= 4 is 28.9 Å². The second-order valence-corrected chi connectivity index (χ2v) is 4.78. The molecule has 4 heteroatoms. The van der Waals surface area contributed by atoms with Gasteiger partial charge >= 0.3 is 0 Å². The van der Waals surface area contributed by atoms with Crippen molar-refractivity contribution in [3.8, 4) is 0 Å². The average Bonchev–Trinajstić information content (AvgIpc) is 2.41. The van der Waals surface area contributed by atoms with Crippen molar-refractivity contribution in [2.75, 3.05) is 5.32 Å². The van der Waals surface area contributed by atoms with Gasteiger partial charge in [0.05, 0.1) is 0 Å². The summed E-state index contributed by atoms with van der Waals surface area (Å²) in [4.78, 5) is 11.2. The Labute approximate surface area is 117 Å². The van der Waals surface area contributed by atoms with E-state index in [-0.39, 0.29) is 0 Å². The van der Waals surface area contributed by atoms with E-state index in [1.807, 2.05) is 49.4 Å². The number of benzene rings is 2. The third-order valence-corrected chi connectivity index (χ3v) is 3.26. The molecule has 1 atom stereocenters. The third kappa shape index (κ3) is 3.26. The van der Waals surface area contributed by atoms with Gasteiger partial charge in [-0.1, -0.05) is 35.9 Å². The van der Waals surface area contributed by atoms with Crippen LogP contribution in [-0.4, -0.2) is 5.91 Å². The first-order chi connectivity index (χ1) is 9.08. The van der Waals surface area contributed by atoms with Crippen LogP contribution in [0.5, 0.6) is 0 Å². The van der Waals surface area contributed by atoms with Crippen LogP contribution in [0, 0.1) is 6.92 Å². The molecule has 2 aromatic rings. The minimum Gasteiger partial charge on any atom is -0.368 e. The first-order valence-corrected chi connectivity index (χ1v) is 6.37. The Kier molecular flexibility index (Phi) is 4.07. The summed E-state index contributed by atoms with van der Waals surface area (Å²) in [5.41, 5.74) is 8.83. The molecular formula is C15H15ClN2O. The molecule has 0 bridgehead atoms. The monoisotopic (exact) mass is 274 g/mol. The van der Waals surface area contributed by atoms with Gasteiger partial charge in [-0.3, -0.25) is 4.79 Å². The molecular weight excluding hydrogens is 260 g/mol. The lowest BCUT2D eigenvalue weighted by molar-refractivity contribution is -0.117. The van der Waals surface area contributed by atoms with Crippen LogP contribution in [0.2, 0.25) is 0 Å². The van der Waals surface area contributed by atoms with Crippen LogP contribution in [0.4, 0.5) is 11.4 Å². The number of hydrogen-bond acceptors (Lipinski definition) is 2. The highest BCUT2D eigenvalue weighted by Gasteiger charge is 2.17. The fraction of sp³-hybridized carbons (Fsp3) is 0.133. The summed E-state index contributed by atoms with van der Waals surface area (Å²) in [6, 6.07) is 15.3. The largest absolute Gasteiger partial charge is 0.368 e. The van der Waals surface area contributed by atoms with Crippen molar-refractivity contribution in [1.82, 2.24) is 0 Å². The summed E-state index contributed by atoms with van der Waals surface area (Å²) >= 11 is 6.02. The number of carbonyl (C=O) groups is 1. The lowest BCUT2D eigenvalue weighted by Crippen LogP contribution is -2.17. The number of amides is 1. The van der Waals surface area contributed by atoms with Gasteiger partial charge in [-0.15, -0.1) is 11.6 Å². The Hall–Kier alpha value is -2.00. The van der Waals surface area contributed by atoms with Crippen molar-refractivity contribution in [3.63, 3.8) is 0 Å². The van der Waals surface area contributed by atoms with Gasteiger partial charge in [-0.25, -0.2) is 0 Å². The molecule has 0 radical (unpaired) electrons. The van der Waals surface area contributed by atoms with Gasteiger partial charge < -0.3 is 11.1 Å². The van der Waals surface area contributed by atoms with Crippen molar-refractivity contribution in [3.05, 3.63) is 59.7 Å². The molecule has 0 saturated carbocycles. The first-order valence-electron chi connectivity index (χ1n) is 5.94. The third-order valence-electron chi connectivity index (χ3n) is 2.81. The molecule has 2 rings (SSSR count). The molecule has 98 valence electrons. The van der Waals surface area contributed by atoms with E-state index in [1.165, 1.54) is 5.56 Å². The second-order valence-electron chi connectivity index (χ2n) is 4.34. The van der Waals surface area contributed by atoms with Crippen LogP contribution >= 0.6 is 11.6 Å². The highest BCUT2D eigenvalue weighted by atomic mass is 35.5. The van der Waals surface area contributed by atoms with Gasteiger partial charge in [0.25, 0.3) is 0 Å². The number of anilines is 2. The number of hydrogen-bond donors (Lipinski definition) is 2. The van der Waals surface area contributed by atoms with E-state index in [1.54, 1.807) is 6.07 Å². The molecule has 0 saturated heterocycles. The quantitative estimate of drug-likeness (QED) is 0.839. The smallest absolute Gasteiger partial charge is 0.240 e. The molecule has 2 aromatic carbocycles. The number of alkyl halides is 1. The predicted octanol–water partition coefficient (Wildman–Crippen LogP) is 3.50. The van der Waals surface area contributed by atoms with Gasteiger partial charge in [0.2, 0.25) is 5.91 Å². The maximum Gasteiger partial charge on any atom is 0.240 e. The minimum atomic E-state index is -0.839. The van der Waals surface area contributed by atoms with E-state index in [9.17, 15) is 4.79 Å². The zero-order chi connectivity index (χ0) is 13.8.